The van der Waals surface area contributed by atoms with Crippen LogP contribution in [0.4, 0.5) is 5.82 Å². The lowest BCUT2D eigenvalue weighted by Crippen LogP contribution is -2.42. The number of carbonyl (C=O) groups excluding carboxylic acids is 2. The first-order valence-corrected chi connectivity index (χ1v) is 5.63. The molecule has 0 saturated carbocycles. The fraction of sp³-hybridized carbons (Fsp3) is 0.545. The van der Waals surface area contributed by atoms with E-state index in [1.165, 1.54) is 13.3 Å². The molecule has 1 amide bonds. The van der Waals surface area contributed by atoms with Crippen molar-refractivity contribution < 1.29 is 14.3 Å². The van der Waals surface area contributed by atoms with Crippen LogP contribution in [0, 0.1) is 5.92 Å². The highest BCUT2D eigenvalue weighted by Crippen LogP contribution is 2.10. The Kier molecular flexibility index (Phi) is 4.70. The summed E-state index contributed by atoms with van der Waals surface area (Å²) in [6.07, 6.45) is 1.81. The molecule has 0 aromatic carbocycles. The van der Waals surface area contributed by atoms with Gasteiger partial charge in [-0.05, 0) is 12.3 Å². The number of hydrogen-bond acceptors (Lipinski definition) is 5. The van der Waals surface area contributed by atoms with Gasteiger partial charge < -0.3 is 15.8 Å². The van der Waals surface area contributed by atoms with Gasteiger partial charge >= 0.3 is 5.97 Å². The van der Waals surface area contributed by atoms with Gasteiger partial charge in [-0.1, -0.05) is 13.8 Å². The van der Waals surface area contributed by atoms with Crippen LogP contribution in [0.15, 0.2) is 6.20 Å². The Bertz CT molecular complexity index is 428. The van der Waals surface area contributed by atoms with E-state index in [-0.39, 0.29) is 17.3 Å². The maximum atomic E-state index is 11.9. The number of rotatable bonds is 5. The van der Waals surface area contributed by atoms with Crippen molar-refractivity contribution in [3.8, 4) is 0 Å². The van der Waals surface area contributed by atoms with Crippen LogP contribution >= 0.6 is 0 Å². The van der Waals surface area contributed by atoms with E-state index in [2.05, 4.69) is 20.3 Å². The lowest BCUT2D eigenvalue weighted by atomic mass is 10.0. The second kappa shape index (κ2) is 6.04. The van der Waals surface area contributed by atoms with Crippen molar-refractivity contribution in [3.05, 3.63) is 11.8 Å². The van der Waals surface area contributed by atoms with E-state index in [1.807, 2.05) is 13.8 Å². The van der Waals surface area contributed by atoms with E-state index in [0.717, 1.165) is 0 Å². The molecule has 1 atom stereocenters. The minimum atomic E-state index is -0.684. The van der Waals surface area contributed by atoms with Crippen LogP contribution in [-0.2, 0) is 9.53 Å². The number of amides is 1. The van der Waals surface area contributed by atoms with Gasteiger partial charge in [-0.25, -0.2) is 4.79 Å². The predicted molar refractivity (Wildman–Crippen MR) is 65.7 cm³/mol. The van der Waals surface area contributed by atoms with Crippen molar-refractivity contribution in [1.29, 1.82) is 0 Å². The van der Waals surface area contributed by atoms with E-state index >= 15 is 0 Å². The fourth-order valence-electron chi connectivity index (χ4n) is 1.54. The summed E-state index contributed by atoms with van der Waals surface area (Å²) in [7, 11) is 1.29. The number of carbonyl (C=O) groups is 2. The highest BCUT2D eigenvalue weighted by Gasteiger charge is 2.24. The molecule has 0 aliphatic carbocycles. The molecular weight excluding hydrogens is 236 g/mol. The predicted octanol–water partition coefficient (Wildman–Crippen LogP) is 0.309. The summed E-state index contributed by atoms with van der Waals surface area (Å²) in [6, 6.07) is -0.684. The standard InChI is InChI=1S/C11H18N4O3/c1-6(2)4-8(11(17)18-3)14-10(16)7-5-13-15-9(7)12/h5-6,8H,4H2,1-3H3,(H,14,16)(H3,12,13,15). The smallest absolute Gasteiger partial charge is 0.328 e. The van der Waals surface area contributed by atoms with Crippen LogP contribution in [0.3, 0.4) is 0 Å². The number of nitrogens with zero attached hydrogens (tertiary/aromatic N) is 1. The van der Waals surface area contributed by atoms with E-state index < -0.39 is 17.9 Å². The second-order valence-electron chi connectivity index (χ2n) is 4.38. The van der Waals surface area contributed by atoms with Crippen LogP contribution in [0.2, 0.25) is 0 Å². The summed E-state index contributed by atoms with van der Waals surface area (Å²) >= 11 is 0. The number of aromatic nitrogens is 2. The van der Waals surface area contributed by atoms with Crippen molar-refractivity contribution in [2.75, 3.05) is 12.8 Å². The van der Waals surface area contributed by atoms with E-state index in [0.29, 0.717) is 6.42 Å². The molecule has 1 unspecified atom stereocenters. The molecule has 7 nitrogen and oxygen atoms in total. The molecule has 0 fully saturated rings. The van der Waals surface area contributed by atoms with Crippen LogP contribution in [0.1, 0.15) is 30.6 Å². The number of ether oxygens (including phenoxy) is 1. The normalized spacial score (nSPS) is 12.2. The van der Waals surface area contributed by atoms with Crippen molar-refractivity contribution in [2.45, 2.75) is 26.3 Å². The zero-order valence-corrected chi connectivity index (χ0v) is 10.7. The Morgan fingerprint density at radius 3 is 2.67 bits per heavy atom. The molecule has 4 N–H and O–H groups in total. The molecule has 7 heteroatoms. The van der Waals surface area contributed by atoms with Gasteiger partial charge in [0.25, 0.3) is 5.91 Å². The molecule has 1 heterocycles. The first-order chi connectivity index (χ1) is 8.45. The monoisotopic (exact) mass is 254 g/mol. The molecule has 0 radical (unpaired) electrons. The molecule has 1 aromatic heterocycles. The van der Waals surface area contributed by atoms with Crippen LogP contribution in [-0.4, -0.2) is 35.2 Å². The van der Waals surface area contributed by atoms with E-state index in [9.17, 15) is 9.59 Å². The maximum absolute atomic E-state index is 11.9. The van der Waals surface area contributed by atoms with Gasteiger partial charge in [0.1, 0.15) is 17.4 Å². The summed E-state index contributed by atoms with van der Waals surface area (Å²) < 4.78 is 4.65. The topological polar surface area (TPSA) is 110 Å². The first-order valence-electron chi connectivity index (χ1n) is 5.63. The third-order valence-electron chi connectivity index (χ3n) is 2.41. The SMILES string of the molecule is COC(=O)C(CC(C)C)NC(=O)c1cn[nH]c1N. The lowest BCUT2D eigenvalue weighted by Gasteiger charge is -2.17. The number of nitrogen functional groups attached to an aromatic ring is 1. The van der Waals surface area contributed by atoms with Crippen LogP contribution in [0.5, 0.6) is 0 Å². The summed E-state index contributed by atoms with van der Waals surface area (Å²) in [4.78, 5) is 23.4. The number of anilines is 1. The Labute approximate surface area is 105 Å². The van der Waals surface area contributed by atoms with E-state index in [1.54, 1.807) is 0 Å². The average molecular weight is 254 g/mol. The van der Waals surface area contributed by atoms with Gasteiger partial charge in [-0.3, -0.25) is 9.89 Å². The number of nitrogens with one attached hydrogen (secondary N) is 2. The van der Waals surface area contributed by atoms with Crippen molar-refractivity contribution in [2.24, 2.45) is 5.92 Å². The fourth-order valence-corrected chi connectivity index (χ4v) is 1.54. The Morgan fingerprint density at radius 1 is 1.56 bits per heavy atom. The van der Waals surface area contributed by atoms with Crippen LogP contribution in [0.25, 0.3) is 0 Å². The van der Waals surface area contributed by atoms with Gasteiger partial charge in [-0.15, -0.1) is 0 Å². The third-order valence-corrected chi connectivity index (χ3v) is 2.41. The summed E-state index contributed by atoms with van der Waals surface area (Å²) in [5.74, 6) is -0.506. The van der Waals surface area contributed by atoms with Gasteiger partial charge in [0, 0.05) is 0 Å². The summed E-state index contributed by atoms with van der Waals surface area (Å²) in [5, 5.41) is 8.70. The van der Waals surface area contributed by atoms with Gasteiger partial charge in [0.15, 0.2) is 0 Å². The largest absolute Gasteiger partial charge is 0.467 e. The molecule has 1 rings (SSSR count). The molecule has 0 bridgehead atoms. The zero-order chi connectivity index (χ0) is 13.7. The Hall–Kier alpha value is -2.05. The first kappa shape index (κ1) is 14.0. The number of methoxy groups -OCH3 is 1. The molecule has 0 aliphatic heterocycles. The maximum Gasteiger partial charge on any atom is 0.328 e. The van der Waals surface area contributed by atoms with Crippen LogP contribution < -0.4 is 11.1 Å². The zero-order valence-electron chi connectivity index (χ0n) is 10.7. The Balaban J connectivity index is 2.74. The number of H-pyrrole nitrogens is 1. The van der Waals surface area contributed by atoms with Gasteiger partial charge in [0.2, 0.25) is 0 Å². The highest BCUT2D eigenvalue weighted by molar-refractivity contribution is 6.00. The minimum Gasteiger partial charge on any atom is -0.467 e. The molecule has 0 spiro atoms. The number of nitrogens with two attached hydrogens (primary N) is 1. The highest BCUT2D eigenvalue weighted by atomic mass is 16.5. The summed E-state index contributed by atoms with van der Waals surface area (Å²) in [6.45, 7) is 3.91. The second-order valence-corrected chi connectivity index (χ2v) is 4.38. The summed E-state index contributed by atoms with van der Waals surface area (Å²) in [5.41, 5.74) is 5.75. The number of esters is 1. The molecule has 1 aromatic rings. The van der Waals surface area contributed by atoms with Crippen molar-refractivity contribution in [3.63, 3.8) is 0 Å². The number of aromatic amines is 1. The minimum absolute atomic E-state index is 0.167. The van der Waals surface area contributed by atoms with Gasteiger partial charge in [0.05, 0.1) is 13.3 Å². The molecule has 0 aliphatic rings. The Morgan fingerprint density at radius 2 is 2.22 bits per heavy atom. The van der Waals surface area contributed by atoms with Gasteiger partial charge in [-0.2, -0.15) is 5.10 Å². The lowest BCUT2D eigenvalue weighted by molar-refractivity contribution is -0.143. The number of hydrogen-bond donors (Lipinski definition) is 3. The molecule has 100 valence electrons. The van der Waals surface area contributed by atoms with E-state index in [4.69, 9.17) is 5.73 Å². The third kappa shape index (κ3) is 3.47. The quantitative estimate of drug-likeness (QED) is 0.655. The average Bonchev–Trinajstić information content (AvgIpc) is 2.73. The molecule has 18 heavy (non-hydrogen) atoms. The van der Waals surface area contributed by atoms with Crippen molar-refractivity contribution >= 4 is 17.7 Å². The molecular formula is C11H18N4O3. The molecule has 0 saturated heterocycles. The van der Waals surface area contributed by atoms with Crippen molar-refractivity contribution in [1.82, 2.24) is 15.5 Å².